The van der Waals surface area contributed by atoms with Crippen LogP contribution >= 0.6 is 0 Å². The first-order valence-electron chi connectivity index (χ1n) is 5.25. The van der Waals surface area contributed by atoms with Crippen LogP contribution in [0.5, 0.6) is 0 Å². The molecule has 2 aromatic heterocycles. The van der Waals surface area contributed by atoms with Crippen molar-refractivity contribution in [3.8, 4) is 0 Å². The topological polar surface area (TPSA) is 85.8 Å². The second-order valence-corrected chi connectivity index (χ2v) is 3.66. The van der Waals surface area contributed by atoms with E-state index in [-0.39, 0.29) is 5.69 Å². The van der Waals surface area contributed by atoms with E-state index in [1.807, 2.05) is 24.7 Å². The lowest BCUT2D eigenvalue weighted by Crippen LogP contribution is -2.11. The highest BCUT2D eigenvalue weighted by Crippen LogP contribution is 2.08. The molecule has 0 saturated heterocycles. The second kappa shape index (κ2) is 4.36. The van der Waals surface area contributed by atoms with Crippen molar-refractivity contribution in [2.24, 2.45) is 7.05 Å². The van der Waals surface area contributed by atoms with Gasteiger partial charge in [-0.3, -0.25) is 0 Å². The van der Waals surface area contributed by atoms with Gasteiger partial charge in [0.2, 0.25) is 0 Å². The van der Waals surface area contributed by atoms with E-state index < -0.39 is 5.97 Å². The average molecular weight is 235 g/mol. The molecule has 0 spiro atoms. The standard InChI is InChI=1S/C10H13N5O2/c1-3-7-9(10(16)17)12-13-15(7)6-8-11-4-5-14(8)2/h4-5H,3,6H2,1-2H3,(H,16,17). The molecule has 7 nitrogen and oxygen atoms in total. The number of hydrogen-bond donors (Lipinski definition) is 1. The van der Waals surface area contributed by atoms with E-state index in [1.54, 1.807) is 10.9 Å². The molecule has 0 amide bonds. The highest BCUT2D eigenvalue weighted by Gasteiger charge is 2.18. The summed E-state index contributed by atoms with van der Waals surface area (Å²) in [4.78, 5) is 15.1. The van der Waals surface area contributed by atoms with Crippen LogP contribution in [0.1, 0.15) is 28.9 Å². The fourth-order valence-electron chi connectivity index (χ4n) is 1.66. The normalized spacial score (nSPS) is 10.7. The Hall–Kier alpha value is -2.18. The summed E-state index contributed by atoms with van der Waals surface area (Å²) in [6, 6.07) is 0. The number of imidazole rings is 1. The molecule has 0 aromatic carbocycles. The summed E-state index contributed by atoms with van der Waals surface area (Å²) in [7, 11) is 1.88. The lowest BCUT2D eigenvalue weighted by molar-refractivity contribution is 0.0689. The van der Waals surface area contributed by atoms with Crippen molar-refractivity contribution < 1.29 is 9.90 Å². The fraction of sp³-hybridized carbons (Fsp3) is 0.400. The maximum absolute atomic E-state index is 10.9. The number of rotatable bonds is 4. The van der Waals surface area contributed by atoms with Crippen LogP contribution in [0.15, 0.2) is 12.4 Å². The monoisotopic (exact) mass is 235 g/mol. The molecule has 17 heavy (non-hydrogen) atoms. The van der Waals surface area contributed by atoms with Crippen molar-refractivity contribution in [2.45, 2.75) is 19.9 Å². The van der Waals surface area contributed by atoms with Crippen LogP contribution in [0.4, 0.5) is 0 Å². The van der Waals surface area contributed by atoms with Gasteiger partial charge in [0.25, 0.3) is 0 Å². The van der Waals surface area contributed by atoms with Crippen LogP contribution in [0.3, 0.4) is 0 Å². The van der Waals surface area contributed by atoms with Crippen molar-refractivity contribution in [2.75, 3.05) is 0 Å². The van der Waals surface area contributed by atoms with E-state index in [2.05, 4.69) is 15.3 Å². The molecule has 0 fully saturated rings. The van der Waals surface area contributed by atoms with Crippen LogP contribution < -0.4 is 0 Å². The predicted octanol–water partition coefficient (Wildman–Crippen LogP) is 0.320. The number of carboxylic acids is 1. The van der Waals surface area contributed by atoms with Crippen molar-refractivity contribution in [1.82, 2.24) is 24.5 Å². The molecule has 0 unspecified atom stereocenters. The Morgan fingerprint density at radius 2 is 2.29 bits per heavy atom. The van der Waals surface area contributed by atoms with Gasteiger partial charge in [-0.2, -0.15) is 0 Å². The van der Waals surface area contributed by atoms with Crippen molar-refractivity contribution in [1.29, 1.82) is 0 Å². The van der Waals surface area contributed by atoms with Gasteiger partial charge in [-0.1, -0.05) is 12.1 Å². The summed E-state index contributed by atoms with van der Waals surface area (Å²) in [6.07, 6.45) is 4.09. The summed E-state index contributed by atoms with van der Waals surface area (Å²) < 4.78 is 3.44. The molecule has 0 radical (unpaired) electrons. The Bertz CT molecular complexity index is 543. The molecule has 0 atom stereocenters. The third-order valence-electron chi connectivity index (χ3n) is 2.59. The smallest absolute Gasteiger partial charge is 0.358 e. The van der Waals surface area contributed by atoms with Crippen LogP contribution in [0, 0.1) is 0 Å². The number of aromatic nitrogens is 5. The molecule has 0 saturated carbocycles. The molecule has 7 heteroatoms. The Kier molecular flexibility index (Phi) is 2.90. The zero-order valence-corrected chi connectivity index (χ0v) is 9.66. The fourth-order valence-corrected chi connectivity index (χ4v) is 1.66. The molecule has 0 aliphatic carbocycles. The first kappa shape index (κ1) is 11.3. The minimum absolute atomic E-state index is 0.0155. The van der Waals surface area contributed by atoms with E-state index in [9.17, 15) is 4.79 Å². The van der Waals surface area contributed by atoms with Gasteiger partial charge in [0.05, 0.1) is 5.69 Å². The lowest BCUT2D eigenvalue weighted by atomic mass is 10.2. The van der Waals surface area contributed by atoms with Crippen molar-refractivity contribution in [3.63, 3.8) is 0 Å². The third kappa shape index (κ3) is 2.03. The van der Waals surface area contributed by atoms with Gasteiger partial charge in [0.15, 0.2) is 5.69 Å². The Labute approximate surface area is 97.7 Å². The largest absolute Gasteiger partial charge is 0.476 e. The zero-order chi connectivity index (χ0) is 12.4. The molecule has 90 valence electrons. The SMILES string of the molecule is CCc1c(C(=O)O)nnn1Cc1nccn1C. The van der Waals surface area contributed by atoms with Gasteiger partial charge in [-0.15, -0.1) is 5.10 Å². The van der Waals surface area contributed by atoms with Gasteiger partial charge in [-0.05, 0) is 6.42 Å². The quantitative estimate of drug-likeness (QED) is 0.824. The molecule has 0 bridgehead atoms. The van der Waals surface area contributed by atoms with Crippen LogP contribution in [0.25, 0.3) is 0 Å². The molecule has 2 rings (SSSR count). The third-order valence-corrected chi connectivity index (χ3v) is 2.59. The minimum atomic E-state index is -1.05. The Morgan fingerprint density at radius 1 is 1.53 bits per heavy atom. The summed E-state index contributed by atoms with van der Waals surface area (Å²) in [5, 5.41) is 16.5. The highest BCUT2D eigenvalue weighted by atomic mass is 16.4. The minimum Gasteiger partial charge on any atom is -0.476 e. The van der Waals surface area contributed by atoms with Crippen LogP contribution in [0.2, 0.25) is 0 Å². The van der Waals surface area contributed by atoms with E-state index in [4.69, 9.17) is 5.11 Å². The second-order valence-electron chi connectivity index (χ2n) is 3.66. The summed E-state index contributed by atoms with van der Waals surface area (Å²) >= 11 is 0. The molecular weight excluding hydrogens is 222 g/mol. The van der Waals surface area contributed by atoms with Crippen LogP contribution in [-0.4, -0.2) is 35.6 Å². The molecule has 2 aromatic rings. The van der Waals surface area contributed by atoms with E-state index in [0.717, 1.165) is 5.82 Å². The Morgan fingerprint density at radius 3 is 2.82 bits per heavy atom. The molecular formula is C10H13N5O2. The predicted molar refractivity (Wildman–Crippen MR) is 58.7 cm³/mol. The van der Waals surface area contributed by atoms with Crippen molar-refractivity contribution in [3.05, 3.63) is 29.6 Å². The molecule has 0 aliphatic rings. The average Bonchev–Trinajstić information content (AvgIpc) is 2.86. The van der Waals surface area contributed by atoms with Crippen LogP contribution in [-0.2, 0) is 20.0 Å². The number of hydrogen-bond acceptors (Lipinski definition) is 4. The zero-order valence-electron chi connectivity index (χ0n) is 9.66. The first-order chi connectivity index (χ1) is 8.13. The lowest BCUT2D eigenvalue weighted by Gasteiger charge is -2.04. The summed E-state index contributed by atoms with van der Waals surface area (Å²) in [5.41, 5.74) is 0.627. The van der Waals surface area contributed by atoms with Gasteiger partial charge < -0.3 is 9.67 Å². The van der Waals surface area contributed by atoms with Crippen molar-refractivity contribution >= 4 is 5.97 Å². The van der Waals surface area contributed by atoms with Gasteiger partial charge in [0, 0.05) is 19.4 Å². The summed E-state index contributed by atoms with van der Waals surface area (Å²) in [5.74, 6) is -0.241. The number of carboxylic acid groups (broad SMARTS) is 1. The maximum atomic E-state index is 10.9. The van der Waals surface area contributed by atoms with Gasteiger partial charge in [-0.25, -0.2) is 14.5 Å². The number of nitrogens with zero attached hydrogens (tertiary/aromatic N) is 5. The van der Waals surface area contributed by atoms with E-state index >= 15 is 0 Å². The Balaban J connectivity index is 2.34. The number of carbonyl (C=O) groups is 1. The first-order valence-corrected chi connectivity index (χ1v) is 5.25. The molecule has 1 N–H and O–H groups in total. The van der Waals surface area contributed by atoms with E-state index in [0.29, 0.717) is 18.7 Å². The maximum Gasteiger partial charge on any atom is 0.358 e. The number of aromatic carboxylic acids is 1. The molecule has 0 aliphatic heterocycles. The summed E-state index contributed by atoms with van der Waals surface area (Å²) in [6.45, 7) is 2.30. The van der Waals surface area contributed by atoms with Gasteiger partial charge >= 0.3 is 5.97 Å². The molecule has 2 heterocycles. The van der Waals surface area contributed by atoms with Gasteiger partial charge in [0.1, 0.15) is 12.4 Å². The highest BCUT2D eigenvalue weighted by molar-refractivity contribution is 5.86. The number of aryl methyl sites for hydroxylation is 1. The van der Waals surface area contributed by atoms with E-state index in [1.165, 1.54) is 0 Å².